The SMILES string of the molecule is CCCCC(C)(C#CCC1OO1)CCCC. The molecule has 16 heavy (non-hydrogen) atoms. The molecule has 0 aromatic rings. The molecule has 0 N–H and O–H groups in total. The number of hydrogen-bond donors (Lipinski definition) is 0. The van der Waals surface area contributed by atoms with Gasteiger partial charge in [0.15, 0.2) is 0 Å². The van der Waals surface area contributed by atoms with Crippen LogP contribution < -0.4 is 0 Å². The van der Waals surface area contributed by atoms with Crippen LogP contribution in [0.3, 0.4) is 0 Å². The Balaban J connectivity index is 2.40. The van der Waals surface area contributed by atoms with Gasteiger partial charge in [-0.3, -0.25) is 0 Å². The van der Waals surface area contributed by atoms with Gasteiger partial charge in [0.1, 0.15) is 0 Å². The van der Waals surface area contributed by atoms with Crippen LogP contribution in [0.5, 0.6) is 0 Å². The normalized spacial score (nSPS) is 15.7. The average Bonchev–Trinajstić information content (AvgIpc) is 3.08. The molecule has 0 spiro atoms. The van der Waals surface area contributed by atoms with E-state index in [9.17, 15) is 0 Å². The molecule has 1 rings (SSSR count). The molecule has 1 aliphatic rings. The highest BCUT2D eigenvalue weighted by Crippen LogP contribution is 2.30. The number of unbranched alkanes of at least 4 members (excludes halogenated alkanes) is 2. The van der Waals surface area contributed by atoms with Crippen molar-refractivity contribution < 1.29 is 9.78 Å². The molecule has 1 fully saturated rings. The van der Waals surface area contributed by atoms with Crippen molar-refractivity contribution in [3.8, 4) is 11.8 Å². The van der Waals surface area contributed by atoms with Crippen LogP contribution in [0.15, 0.2) is 0 Å². The van der Waals surface area contributed by atoms with Gasteiger partial charge in [0, 0.05) is 5.41 Å². The van der Waals surface area contributed by atoms with E-state index in [0.29, 0.717) is 6.42 Å². The van der Waals surface area contributed by atoms with Gasteiger partial charge in [-0.2, -0.15) is 9.78 Å². The minimum atomic E-state index is -0.0471. The second-order valence-electron chi connectivity index (χ2n) is 4.90. The predicted molar refractivity (Wildman–Crippen MR) is 65.5 cm³/mol. The first-order valence-electron chi connectivity index (χ1n) is 6.52. The van der Waals surface area contributed by atoms with E-state index < -0.39 is 0 Å². The Labute approximate surface area is 99.6 Å². The van der Waals surface area contributed by atoms with Crippen LogP contribution in [0.1, 0.15) is 65.7 Å². The van der Waals surface area contributed by atoms with E-state index in [1.54, 1.807) is 0 Å². The van der Waals surface area contributed by atoms with Crippen LogP contribution >= 0.6 is 0 Å². The summed E-state index contributed by atoms with van der Waals surface area (Å²) in [5.41, 5.74) is 0.195. The molecule has 0 unspecified atom stereocenters. The minimum absolute atomic E-state index is 0.0471. The summed E-state index contributed by atoms with van der Waals surface area (Å²) < 4.78 is 0. The summed E-state index contributed by atoms with van der Waals surface area (Å²) in [7, 11) is 0. The molecule has 0 bridgehead atoms. The number of hydrogen-bond acceptors (Lipinski definition) is 2. The van der Waals surface area contributed by atoms with Gasteiger partial charge in [0.25, 0.3) is 0 Å². The molecule has 0 aromatic carbocycles. The van der Waals surface area contributed by atoms with Crippen molar-refractivity contribution in [3.05, 3.63) is 0 Å². The zero-order valence-electron chi connectivity index (χ0n) is 10.8. The fourth-order valence-electron chi connectivity index (χ4n) is 1.84. The largest absolute Gasteiger partial charge is 0.235 e. The first-order valence-corrected chi connectivity index (χ1v) is 6.52. The van der Waals surface area contributed by atoms with Gasteiger partial charge in [-0.05, 0) is 19.8 Å². The average molecular weight is 224 g/mol. The van der Waals surface area contributed by atoms with Gasteiger partial charge in [-0.15, -0.1) is 0 Å². The molecule has 1 saturated heterocycles. The van der Waals surface area contributed by atoms with Gasteiger partial charge >= 0.3 is 0 Å². The van der Waals surface area contributed by atoms with Crippen LogP contribution in [0.2, 0.25) is 0 Å². The maximum atomic E-state index is 4.68. The minimum Gasteiger partial charge on any atom is -0.197 e. The Kier molecular flexibility index (Phi) is 5.87. The summed E-state index contributed by atoms with van der Waals surface area (Å²) in [6.45, 7) is 6.76. The molecule has 0 atom stereocenters. The Morgan fingerprint density at radius 1 is 1.06 bits per heavy atom. The third-order valence-electron chi connectivity index (χ3n) is 3.06. The van der Waals surface area contributed by atoms with Gasteiger partial charge in [-0.1, -0.05) is 51.4 Å². The summed E-state index contributed by atoms with van der Waals surface area (Å²) in [6, 6.07) is 0. The molecule has 2 heteroatoms. The lowest BCUT2D eigenvalue weighted by atomic mass is 9.81. The monoisotopic (exact) mass is 224 g/mol. The van der Waals surface area contributed by atoms with Crippen molar-refractivity contribution in [1.82, 2.24) is 0 Å². The molecule has 0 amide bonds. The highest BCUT2D eigenvalue weighted by Gasteiger charge is 2.25. The van der Waals surface area contributed by atoms with E-state index in [1.165, 1.54) is 38.5 Å². The smallest absolute Gasteiger partial charge is 0.197 e. The highest BCUT2D eigenvalue weighted by molar-refractivity contribution is 5.10. The van der Waals surface area contributed by atoms with Crippen molar-refractivity contribution in [2.24, 2.45) is 5.41 Å². The Morgan fingerprint density at radius 3 is 2.06 bits per heavy atom. The van der Waals surface area contributed by atoms with E-state index in [-0.39, 0.29) is 11.7 Å². The first kappa shape index (κ1) is 13.5. The Bertz CT molecular complexity index is 237. The quantitative estimate of drug-likeness (QED) is 0.370. The van der Waals surface area contributed by atoms with Crippen molar-refractivity contribution in [2.75, 3.05) is 0 Å². The van der Waals surface area contributed by atoms with E-state index in [0.717, 1.165) is 0 Å². The summed E-state index contributed by atoms with van der Waals surface area (Å²) in [5.74, 6) is 6.63. The highest BCUT2D eigenvalue weighted by atomic mass is 17.4. The molecule has 1 heterocycles. The maximum Gasteiger partial charge on any atom is 0.235 e. The molecule has 0 aliphatic carbocycles. The predicted octanol–water partition coefficient (Wildman–Crippen LogP) is 4.05. The lowest BCUT2D eigenvalue weighted by Crippen LogP contribution is -2.13. The molecule has 0 aromatic heterocycles. The van der Waals surface area contributed by atoms with E-state index in [4.69, 9.17) is 0 Å². The van der Waals surface area contributed by atoms with Crippen LogP contribution in [-0.4, -0.2) is 6.29 Å². The lowest BCUT2D eigenvalue weighted by Gasteiger charge is -2.23. The molecule has 0 radical (unpaired) electrons. The third-order valence-corrected chi connectivity index (χ3v) is 3.06. The van der Waals surface area contributed by atoms with Gasteiger partial charge in [0.2, 0.25) is 6.29 Å². The van der Waals surface area contributed by atoms with E-state index >= 15 is 0 Å². The molecule has 92 valence electrons. The molecular formula is C14H24O2. The second kappa shape index (κ2) is 6.93. The van der Waals surface area contributed by atoms with E-state index in [1.807, 2.05) is 0 Å². The zero-order valence-corrected chi connectivity index (χ0v) is 10.8. The molecule has 1 aliphatic heterocycles. The van der Waals surface area contributed by atoms with Crippen molar-refractivity contribution in [3.63, 3.8) is 0 Å². The van der Waals surface area contributed by atoms with Crippen molar-refractivity contribution in [1.29, 1.82) is 0 Å². The van der Waals surface area contributed by atoms with Crippen molar-refractivity contribution in [2.45, 2.75) is 72.0 Å². The fourth-order valence-corrected chi connectivity index (χ4v) is 1.84. The summed E-state index contributed by atoms with van der Waals surface area (Å²) in [5, 5.41) is 0. The maximum absolute atomic E-state index is 4.68. The van der Waals surface area contributed by atoms with Crippen LogP contribution in [0, 0.1) is 17.3 Å². The van der Waals surface area contributed by atoms with Crippen LogP contribution in [-0.2, 0) is 9.78 Å². The zero-order chi connectivity index (χ0) is 11.9. The van der Waals surface area contributed by atoms with Crippen molar-refractivity contribution >= 4 is 0 Å². The lowest BCUT2D eigenvalue weighted by molar-refractivity contribution is 0.0850. The second-order valence-corrected chi connectivity index (χ2v) is 4.90. The Hall–Kier alpha value is -0.520. The standard InChI is InChI=1S/C14H24O2/c1-4-6-10-14(3,11-7-5-2)12-8-9-13-15-16-13/h13H,4-7,9-11H2,1-3H3. The first-order chi connectivity index (χ1) is 7.70. The Morgan fingerprint density at radius 2 is 1.62 bits per heavy atom. The molecular weight excluding hydrogens is 200 g/mol. The van der Waals surface area contributed by atoms with Gasteiger partial charge < -0.3 is 0 Å². The summed E-state index contributed by atoms with van der Waals surface area (Å²) in [6.07, 6.45) is 8.13. The molecule has 2 nitrogen and oxygen atoms in total. The van der Waals surface area contributed by atoms with Gasteiger partial charge in [-0.25, -0.2) is 0 Å². The topological polar surface area (TPSA) is 25.1 Å². The van der Waals surface area contributed by atoms with Crippen LogP contribution in [0.4, 0.5) is 0 Å². The third kappa shape index (κ3) is 5.53. The van der Waals surface area contributed by atoms with Crippen LogP contribution in [0.25, 0.3) is 0 Å². The van der Waals surface area contributed by atoms with Gasteiger partial charge in [0.05, 0.1) is 6.42 Å². The summed E-state index contributed by atoms with van der Waals surface area (Å²) >= 11 is 0. The molecule has 0 saturated carbocycles. The summed E-state index contributed by atoms with van der Waals surface area (Å²) in [4.78, 5) is 9.37. The van der Waals surface area contributed by atoms with E-state index in [2.05, 4.69) is 42.4 Å². The number of rotatable bonds is 7. The fraction of sp³-hybridized carbons (Fsp3) is 0.857.